The summed E-state index contributed by atoms with van der Waals surface area (Å²) < 4.78 is 5.97. The summed E-state index contributed by atoms with van der Waals surface area (Å²) in [5.74, 6) is 0.652. The third kappa shape index (κ3) is 1.74. The number of rotatable bonds is 2. The number of benzene rings is 1. The smallest absolute Gasteiger partial charge is 0.318 e. The summed E-state index contributed by atoms with van der Waals surface area (Å²) in [5.41, 5.74) is 3.29. The molecule has 0 bridgehead atoms. The van der Waals surface area contributed by atoms with Crippen molar-refractivity contribution in [1.29, 1.82) is 0 Å². The maximum Gasteiger partial charge on any atom is 0.318 e. The molecule has 1 saturated carbocycles. The van der Waals surface area contributed by atoms with E-state index in [-0.39, 0.29) is 16.8 Å². The lowest BCUT2D eigenvalue weighted by Gasteiger charge is -2.21. The van der Waals surface area contributed by atoms with Gasteiger partial charge in [-0.15, -0.1) is 11.3 Å². The number of hydrogen-bond acceptors (Lipinski definition) is 3. The summed E-state index contributed by atoms with van der Waals surface area (Å²) in [5, 5.41) is 2.15. The predicted molar refractivity (Wildman–Crippen MR) is 98.5 cm³/mol. The molecule has 0 amide bonds. The van der Waals surface area contributed by atoms with E-state index in [1.807, 2.05) is 19.1 Å². The first-order valence-corrected chi connectivity index (χ1v) is 9.50. The zero-order valence-electron chi connectivity index (χ0n) is 15.0. The number of carbonyl (C=O) groups excluding carboxylic acids is 1. The fraction of sp³-hybridized carbons (Fsp3) is 0.476. The van der Waals surface area contributed by atoms with E-state index in [1.165, 1.54) is 21.6 Å². The van der Waals surface area contributed by atoms with Crippen molar-refractivity contribution in [2.45, 2.75) is 47.5 Å². The first kappa shape index (κ1) is 15.9. The van der Waals surface area contributed by atoms with E-state index in [0.717, 1.165) is 18.6 Å². The van der Waals surface area contributed by atoms with E-state index in [9.17, 15) is 4.79 Å². The highest BCUT2D eigenvalue weighted by Gasteiger charge is 2.79. The molecule has 0 N–H and O–H groups in total. The molecule has 2 nitrogen and oxygen atoms in total. The van der Waals surface area contributed by atoms with E-state index in [1.54, 1.807) is 11.3 Å². The Labute approximate surface area is 147 Å². The summed E-state index contributed by atoms with van der Waals surface area (Å²) in [6, 6.07) is 8.30. The SMILES string of the molecule is CC1(C)C(C)(C)C1(C)C(=O)Oc1cccc2c1CCc1ccsc1-2. The van der Waals surface area contributed by atoms with Crippen LogP contribution in [0.2, 0.25) is 0 Å². The molecule has 0 spiro atoms. The van der Waals surface area contributed by atoms with Crippen molar-refractivity contribution in [3.63, 3.8) is 0 Å². The van der Waals surface area contributed by atoms with Gasteiger partial charge in [-0.25, -0.2) is 0 Å². The van der Waals surface area contributed by atoms with Crippen LogP contribution in [-0.2, 0) is 17.6 Å². The standard InChI is InChI=1S/C21H24O2S/c1-19(2)20(3,4)21(19,5)18(22)23-16-8-6-7-15-14(16)10-9-13-11-12-24-17(13)15/h6-8,11-12H,9-10H2,1-5H3. The van der Waals surface area contributed by atoms with Crippen LogP contribution in [0.3, 0.4) is 0 Å². The molecule has 2 aliphatic carbocycles. The maximum absolute atomic E-state index is 13.0. The van der Waals surface area contributed by atoms with Crippen LogP contribution in [0.15, 0.2) is 29.6 Å². The van der Waals surface area contributed by atoms with Crippen LogP contribution < -0.4 is 4.74 Å². The van der Waals surface area contributed by atoms with E-state index < -0.39 is 5.41 Å². The van der Waals surface area contributed by atoms with Crippen LogP contribution in [0.4, 0.5) is 0 Å². The topological polar surface area (TPSA) is 26.3 Å². The van der Waals surface area contributed by atoms with Gasteiger partial charge in [-0.05, 0) is 59.2 Å². The summed E-state index contributed by atoms with van der Waals surface area (Å²) in [7, 11) is 0. The number of ether oxygens (including phenoxy) is 1. The van der Waals surface area contributed by atoms with Crippen LogP contribution in [-0.4, -0.2) is 5.97 Å². The number of carbonyl (C=O) groups is 1. The molecule has 0 atom stereocenters. The van der Waals surface area contributed by atoms with Gasteiger partial charge in [0.15, 0.2) is 0 Å². The molecule has 0 saturated heterocycles. The van der Waals surface area contributed by atoms with Crippen molar-refractivity contribution in [2.24, 2.45) is 16.2 Å². The van der Waals surface area contributed by atoms with Gasteiger partial charge in [0.05, 0.1) is 5.41 Å². The van der Waals surface area contributed by atoms with Crippen molar-refractivity contribution in [2.75, 3.05) is 0 Å². The Kier molecular flexibility index (Phi) is 3.13. The third-order valence-corrected chi connectivity index (χ3v) is 8.37. The average Bonchev–Trinajstić information content (AvgIpc) is 2.93. The van der Waals surface area contributed by atoms with Gasteiger partial charge in [0, 0.05) is 10.4 Å². The number of fused-ring (bicyclic) bond motifs is 3. The highest BCUT2D eigenvalue weighted by atomic mass is 32.1. The van der Waals surface area contributed by atoms with Crippen LogP contribution in [0.25, 0.3) is 10.4 Å². The second kappa shape index (κ2) is 4.72. The number of thiophene rings is 1. The molecule has 24 heavy (non-hydrogen) atoms. The van der Waals surface area contributed by atoms with Gasteiger partial charge in [0.25, 0.3) is 0 Å². The molecule has 1 fully saturated rings. The molecule has 4 rings (SSSR count). The molecule has 0 aliphatic heterocycles. The van der Waals surface area contributed by atoms with Crippen LogP contribution in [0.5, 0.6) is 5.75 Å². The van der Waals surface area contributed by atoms with Crippen LogP contribution in [0.1, 0.15) is 45.7 Å². The van der Waals surface area contributed by atoms with Gasteiger partial charge in [0.2, 0.25) is 0 Å². The van der Waals surface area contributed by atoms with Gasteiger partial charge < -0.3 is 4.74 Å². The quantitative estimate of drug-likeness (QED) is 0.533. The minimum absolute atomic E-state index is 0.0488. The molecular formula is C21H24O2S. The Morgan fingerprint density at radius 2 is 1.75 bits per heavy atom. The Bertz CT molecular complexity index is 827. The number of aryl methyl sites for hydroxylation is 1. The minimum Gasteiger partial charge on any atom is -0.426 e. The molecule has 0 radical (unpaired) electrons. The Morgan fingerprint density at radius 1 is 1.04 bits per heavy atom. The fourth-order valence-corrected chi connectivity index (χ4v) is 5.47. The van der Waals surface area contributed by atoms with E-state index >= 15 is 0 Å². The zero-order chi connectivity index (χ0) is 17.3. The molecule has 1 heterocycles. The normalized spacial score (nSPS) is 21.5. The molecular weight excluding hydrogens is 316 g/mol. The molecule has 1 aromatic carbocycles. The van der Waals surface area contributed by atoms with Gasteiger partial charge in [0.1, 0.15) is 5.75 Å². The van der Waals surface area contributed by atoms with Crippen molar-refractivity contribution >= 4 is 17.3 Å². The van der Waals surface area contributed by atoms with Gasteiger partial charge in [-0.3, -0.25) is 4.79 Å². The van der Waals surface area contributed by atoms with Gasteiger partial charge in [-0.2, -0.15) is 0 Å². The van der Waals surface area contributed by atoms with Crippen LogP contribution in [0, 0.1) is 16.2 Å². The summed E-state index contributed by atoms with van der Waals surface area (Å²) >= 11 is 1.77. The second-order valence-electron chi connectivity index (χ2n) is 8.32. The largest absolute Gasteiger partial charge is 0.426 e. The lowest BCUT2D eigenvalue weighted by atomic mass is 9.91. The van der Waals surface area contributed by atoms with Gasteiger partial charge in [-0.1, -0.05) is 39.8 Å². The minimum atomic E-state index is -0.439. The van der Waals surface area contributed by atoms with Crippen molar-refractivity contribution < 1.29 is 9.53 Å². The zero-order valence-corrected chi connectivity index (χ0v) is 15.8. The molecule has 2 aromatic rings. The predicted octanol–water partition coefficient (Wildman–Crippen LogP) is 5.49. The van der Waals surface area contributed by atoms with Crippen molar-refractivity contribution in [1.82, 2.24) is 0 Å². The first-order valence-electron chi connectivity index (χ1n) is 8.63. The van der Waals surface area contributed by atoms with Gasteiger partial charge >= 0.3 is 5.97 Å². The van der Waals surface area contributed by atoms with E-state index in [4.69, 9.17) is 4.74 Å². The highest BCUT2D eigenvalue weighted by molar-refractivity contribution is 7.13. The molecule has 126 valence electrons. The van der Waals surface area contributed by atoms with Crippen molar-refractivity contribution in [3.8, 4) is 16.2 Å². The fourth-order valence-electron chi connectivity index (χ4n) is 4.47. The molecule has 2 aliphatic rings. The van der Waals surface area contributed by atoms with Crippen LogP contribution >= 0.6 is 11.3 Å². The summed E-state index contributed by atoms with van der Waals surface area (Å²) in [4.78, 5) is 14.3. The van der Waals surface area contributed by atoms with E-state index in [2.05, 4.69) is 45.2 Å². The maximum atomic E-state index is 13.0. The molecule has 1 aromatic heterocycles. The summed E-state index contributed by atoms with van der Waals surface area (Å²) in [6.45, 7) is 10.7. The lowest BCUT2D eigenvalue weighted by molar-refractivity contribution is -0.142. The van der Waals surface area contributed by atoms with Crippen molar-refractivity contribution in [3.05, 3.63) is 40.8 Å². The molecule has 0 unspecified atom stereocenters. The first-order chi connectivity index (χ1) is 11.2. The third-order valence-electron chi connectivity index (χ3n) is 7.38. The van der Waals surface area contributed by atoms with E-state index in [0.29, 0.717) is 0 Å². The summed E-state index contributed by atoms with van der Waals surface area (Å²) in [6.07, 6.45) is 1.96. The number of hydrogen-bond donors (Lipinski definition) is 0. The lowest BCUT2D eigenvalue weighted by Crippen LogP contribution is -2.26. The average molecular weight is 340 g/mol. The Hall–Kier alpha value is -1.61. The Balaban J connectivity index is 1.69. The highest BCUT2D eigenvalue weighted by Crippen LogP contribution is 2.77. The second-order valence-corrected chi connectivity index (χ2v) is 9.24. The monoisotopic (exact) mass is 340 g/mol. The molecule has 3 heteroatoms. The Morgan fingerprint density at radius 3 is 2.42 bits per heavy atom. The number of esters is 1.